The molecule has 0 aliphatic carbocycles. The molecule has 24 heavy (non-hydrogen) atoms. The van der Waals surface area contributed by atoms with Crippen molar-refractivity contribution >= 4 is 11.7 Å². The highest BCUT2D eigenvalue weighted by Crippen LogP contribution is 2.22. The molecule has 3 rings (SSSR count). The number of aryl methyl sites for hydroxylation is 2. The van der Waals surface area contributed by atoms with E-state index >= 15 is 0 Å². The van der Waals surface area contributed by atoms with Crippen LogP contribution in [0.15, 0.2) is 29.1 Å². The van der Waals surface area contributed by atoms with Gasteiger partial charge >= 0.3 is 0 Å². The number of hydrogen-bond donors (Lipinski definition) is 1. The van der Waals surface area contributed by atoms with Crippen LogP contribution >= 0.6 is 0 Å². The number of pyridine rings is 1. The second-order valence-corrected chi connectivity index (χ2v) is 6.14. The summed E-state index contributed by atoms with van der Waals surface area (Å²) >= 11 is 0. The van der Waals surface area contributed by atoms with Crippen LogP contribution in [0.2, 0.25) is 0 Å². The average Bonchev–Trinajstić information content (AvgIpc) is 3.09. The number of amides is 1. The number of nitrogens with zero attached hydrogens (tertiary/aromatic N) is 3. The maximum absolute atomic E-state index is 12.3. The first-order valence-corrected chi connectivity index (χ1v) is 8.05. The highest BCUT2D eigenvalue weighted by atomic mass is 16.3. The molecule has 1 aliphatic heterocycles. The summed E-state index contributed by atoms with van der Waals surface area (Å²) in [5.74, 6) is 0.652. The van der Waals surface area contributed by atoms with Gasteiger partial charge in [-0.3, -0.25) is 4.79 Å². The minimum absolute atomic E-state index is 0.00411. The second kappa shape index (κ2) is 6.75. The standard InChI is InChI=1S/C18H20N4O2/c1-12-9-13(2)20-17(16(12)10-19)21-15-3-6-22(7-4-15)18(23)14-5-8-24-11-14/h5,8-9,11,15H,3-4,6-7H2,1-2H3,(H,20,21). The molecule has 2 aromatic rings. The Balaban J connectivity index is 1.64. The van der Waals surface area contributed by atoms with Gasteiger partial charge < -0.3 is 14.6 Å². The van der Waals surface area contributed by atoms with E-state index in [4.69, 9.17) is 4.42 Å². The molecule has 1 amide bonds. The van der Waals surface area contributed by atoms with E-state index in [1.165, 1.54) is 12.5 Å². The Hall–Kier alpha value is -2.81. The number of carbonyl (C=O) groups is 1. The predicted molar refractivity (Wildman–Crippen MR) is 89.7 cm³/mol. The fourth-order valence-corrected chi connectivity index (χ4v) is 3.07. The molecule has 0 spiro atoms. The molecule has 1 N–H and O–H groups in total. The third-order valence-corrected chi connectivity index (χ3v) is 4.35. The molecule has 2 aromatic heterocycles. The van der Waals surface area contributed by atoms with Crippen LogP contribution in [0, 0.1) is 25.2 Å². The Labute approximate surface area is 141 Å². The van der Waals surface area contributed by atoms with Gasteiger partial charge in [-0.25, -0.2) is 4.98 Å². The number of furan rings is 1. The summed E-state index contributed by atoms with van der Waals surface area (Å²) < 4.78 is 4.98. The van der Waals surface area contributed by atoms with Crippen LogP contribution in [0.25, 0.3) is 0 Å². The van der Waals surface area contributed by atoms with E-state index < -0.39 is 0 Å². The van der Waals surface area contributed by atoms with E-state index in [-0.39, 0.29) is 11.9 Å². The summed E-state index contributed by atoms with van der Waals surface area (Å²) in [4.78, 5) is 18.6. The molecule has 124 valence electrons. The Morgan fingerprint density at radius 2 is 2.17 bits per heavy atom. The lowest BCUT2D eigenvalue weighted by Crippen LogP contribution is -2.42. The maximum atomic E-state index is 12.3. The number of anilines is 1. The average molecular weight is 324 g/mol. The lowest BCUT2D eigenvalue weighted by Gasteiger charge is -2.32. The first-order chi connectivity index (χ1) is 11.6. The number of nitriles is 1. The van der Waals surface area contributed by atoms with Crippen LogP contribution in [0.1, 0.15) is 40.0 Å². The zero-order chi connectivity index (χ0) is 17.1. The predicted octanol–water partition coefficient (Wildman–Crippen LogP) is 2.88. The molecule has 6 nitrogen and oxygen atoms in total. The molecule has 3 heterocycles. The van der Waals surface area contributed by atoms with Crippen LogP contribution in [-0.4, -0.2) is 34.9 Å². The highest BCUT2D eigenvalue weighted by molar-refractivity contribution is 5.93. The van der Waals surface area contributed by atoms with Crippen molar-refractivity contribution in [3.63, 3.8) is 0 Å². The van der Waals surface area contributed by atoms with Crippen LogP contribution in [0.4, 0.5) is 5.82 Å². The van der Waals surface area contributed by atoms with Crippen molar-refractivity contribution in [1.82, 2.24) is 9.88 Å². The zero-order valence-corrected chi connectivity index (χ0v) is 13.9. The molecule has 0 bridgehead atoms. The van der Waals surface area contributed by atoms with Crippen molar-refractivity contribution < 1.29 is 9.21 Å². The van der Waals surface area contributed by atoms with Crippen LogP contribution in [0.5, 0.6) is 0 Å². The van der Waals surface area contributed by atoms with E-state index in [0.717, 1.165) is 24.1 Å². The number of nitrogens with one attached hydrogen (secondary N) is 1. The number of carbonyl (C=O) groups excluding carboxylic acids is 1. The second-order valence-electron chi connectivity index (χ2n) is 6.14. The van der Waals surface area contributed by atoms with Gasteiger partial charge in [0, 0.05) is 24.8 Å². The van der Waals surface area contributed by atoms with Crippen molar-refractivity contribution in [3.8, 4) is 6.07 Å². The van der Waals surface area contributed by atoms with E-state index in [9.17, 15) is 10.1 Å². The van der Waals surface area contributed by atoms with Gasteiger partial charge in [0.15, 0.2) is 0 Å². The molecule has 1 aliphatic rings. The summed E-state index contributed by atoms with van der Waals surface area (Å²) in [6.45, 7) is 5.19. The summed E-state index contributed by atoms with van der Waals surface area (Å²) in [7, 11) is 0. The quantitative estimate of drug-likeness (QED) is 0.938. The van der Waals surface area contributed by atoms with Gasteiger partial charge in [-0.15, -0.1) is 0 Å². The molecule has 6 heteroatoms. The third kappa shape index (κ3) is 3.25. The zero-order valence-electron chi connectivity index (χ0n) is 13.9. The van der Waals surface area contributed by atoms with E-state index in [2.05, 4.69) is 16.4 Å². The van der Waals surface area contributed by atoms with Gasteiger partial charge in [0.25, 0.3) is 5.91 Å². The van der Waals surface area contributed by atoms with Crippen molar-refractivity contribution in [3.05, 3.63) is 47.0 Å². The van der Waals surface area contributed by atoms with Gasteiger partial charge in [-0.05, 0) is 44.4 Å². The molecule has 0 aromatic carbocycles. The van der Waals surface area contributed by atoms with Crippen LogP contribution in [0.3, 0.4) is 0 Å². The topological polar surface area (TPSA) is 82.2 Å². The first-order valence-electron chi connectivity index (χ1n) is 8.05. The van der Waals surface area contributed by atoms with Gasteiger partial charge in [-0.1, -0.05) is 0 Å². The Bertz CT molecular complexity index is 769. The minimum atomic E-state index is 0.00411. The van der Waals surface area contributed by atoms with Gasteiger partial charge in [-0.2, -0.15) is 5.26 Å². The Morgan fingerprint density at radius 1 is 1.42 bits per heavy atom. The number of hydrogen-bond acceptors (Lipinski definition) is 5. The van der Waals surface area contributed by atoms with Crippen LogP contribution < -0.4 is 5.32 Å². The van der Waals surface area contributed by atoms with Crippen molar-refractivity contribution in [2.45, 2.75) is 32.7 Å². The molecule has 0 unspecified atom stereocenters. The number of rotatable bonds is 3. The fraction of sp³-hybridized carbons (Fsp3) is 0.389. The normalized spacial score (nSPS) is 15.1. The van der Waals surface area contributed by atoms with Gasteiger partial charge in [0.2, 0.25) is 0 Å². The monoisotopic (exact) mass is 324 g/mol. The number of aromatic nitrogens is 1. The lowest BCUT2D eigenvalue weighted by atomic mass is 10.0. The van der Waals surface area contributed by atoms with Gasteiger partial charge in [0.05, 0.1) is 17.4 Å². The minimum Gasteiger partial charge on any atom is -0.472 e. The number of likely N-dealkylation sites (tertiary alicyclic amines) is 1. The van der Waals surface area contributed by atoms with Crippen molar-refractivity contribution in [2.75, 3.05) is 18.4 Å². The van der Waals surface area contributed by atoms with Crippen molar-refractivity contribution in [1.29, 1.82) is 5.26 Å². The van der Waals surface area contributed by atoms with Crippen LogP contribution in [-0.2, 0) is 0 Å². The molecule has 0 radical (unpaired) electrons. The summed E-state index contributed by atoms with van der Waals surface area (Å²) in [6.07, 6.45) is 4.63. The van der Waals surface area contributed by atoms with Gasteiger partial charge in [0.1, 0.15) is 18.2 Å². The van der Waals surface area contributed by atoms with Crippen molar-refractivity contribution in [2.24, 2.45) is 0 Å². The Morgan fingerprint density at radius 3 is 2.79 bits per heavy atom. The smallest absolute Gasteiger partial charge is 0.257 e. The molecular formula is C18H20N4O2. The lowest BCUT2D eigenvalue weighted by molar-refractivity contribution is 0.0717. The third-order valence-electron chi connectivity index (χ3n) is 4.35. The van der Waals surface area contributed by atoms with E-state index in [0.29, 0.717) is 30.0 Å². The molecule has 0 atom stereocenters. The number of piperidine rings is 1. The highest BCUT2D eigenvalue weighted by Gasteiger charge is 2.25. The SMILES string of the molecule is Cc1cc(C)c(C#N)c(NC2CCN(C(=O)c3ccoc3)CC2)n1. The molecule has 0 saturated carbocycles. The molecule has 1 fully saturated rings. The van der Waals surface area contributed by atoms with E-state index in [1.807, 2.05) is 24.8 Å². The Kier molecular flexibility index (Phi) is 4.52. The summed E-state index contributed by atoms with van der Waals surface area (Å²) in [5.41, 5.74) is 3.00. The molecule has 1 saturated heterocycles. The fourth-order valence-electron chi connectivity index (χ4n) is 3.07. The molecular weight excluding hydrogens is 304 g/mol. The first kappa shape index (κ1) is 16.1. The van der Waals surface area contributed by atoms with E-state index in [1.54, 1.807) is 6.07 Å². The largest absolute Gasteiger partial charge is 0.472 e. The summed E-state index contributed by atoms with van der Waals surface area (Å²) in [6, 6.07) is 6.03. The summed E-state index contributed by atoms with van der Waals surface area (Å²) in [5, 5.41) is 12.7. The maximum Gasteiger partial charge on any atom is 0.257 e.